The number of aliphatic hydroxyl groups is 1. The number of sulfone groups is 1. The molecule has 0 spiro atoms. The lowest BCUT2D eigenvalue weighted by Gasteiger charge is -2.13. The van der Waals surface area contributed by atoms with Gasteiger partial charge in [0.15, 0.2) is 9.84 Å². The minimum atomic E-state index is -3.21. The summed E-state index contributed by atoms with van der Waals surface area (Å²) in [6.07, 6.45) is 1.18. The zero-order valence-electron chi connectivity index (χ0n) is 9.47. The lowest BCUT2D eigenvalue weighted by atomic mass is 10.2. The molecule has 0 aliphatic heterocycles. The number of nitrogens with one attached hydrogen (secondary N) is 1. The van der Waals surface area contributed by atoms with Crippen LogP contribution >= 0.6 is 0 Å². The standard InChI is InChI=1S/C11H17NO3S/c1-9(8-13)7-12-10-5-3-4-6-11(10)16(2,14)15/h3-6,9,12-13H,7-8H2,1-2H3. The van der Waals surface area contributed by atoms with Crippen LogP contribution in [0.15, 0.2) is 29.2 Å². The number of hydrogen-bond donors (Lipinski definition) is 2. The lowest BCUT2D eigenvalue weighted by Crippen LogP contribution is -2.16. The second-order valence-electron chi connectivity index (χ2n) is 3.94. The van der Waals surface area contributed by atoms with Gasteiger partial charge in [-0.2, -0.15) is 0 Å². The number of aliphatic hydroxyl groups excluding tert-OH is 1. The zero-order valence-corrected chi connectivity index (χ0v) is 10.3. The number of benzene rings is 1. The molecule has 0 saturated heterocycles. The molecule has 0 heterocycles. The van der Waals surface area contributed by atoms with E-state index in [2.05, 4.69) is 5.32 Å². The molecule has 4 nitrogen and oxygen atoms in total. The minimum absolute atomic E-state index is 0.0774. The van der Waals surface area contributed by atoms with Gasteiger partial charge in [-0.05, 0) is 18.1 Å². The van der Waals surface area contributed by atoms with Gasteiger partial charge in [0.25, 0.3) is 0 Å². The van der Waals surface area contributed by atoms with Gasteiger partial charge in [0.1, 0.15) is 0 Å². The summed E-state index contributed by atoms with van der Waals surface area (Å²) in [4.78, 5) is 0.292. The van der Waals surface area contributed by atoms with Crippen LogP contribution in [0.1, 0.15) is 6.92 Å². The summed E-state index contributed by atoms with van der Waals surface area (Å²) in [5.74, 6) is 0.0904. The molecule has 0 radical (unpaired) electrons. The van der Waals surface area contributed by atoms with Crippen molar-refractivity contribution in [2.45, 2.75) is 11.8 Å². The Kier molecular flexibility index (Phi) is 4.32. The van der Waals surface area contributed by atoms with E-state index in [1.165, 1.54) is 6.26 Å². The fourth-order valence-corrected chi connectivity index (χ4v) is 2.15. The number of anilines is 1. The van der Waals surface area contributed by atoms with E-state index in [-0.39, 0.29) is 12.5 Å². The smallest absolute Gasteiger partial charge is 0.177 e. The summed E-state index contributed by atoms with van der Waals surface area (Å²) in [7, 11) is -3.21. The SMILES string of the molecule is CC(CO)CNc1ccccc1S(C)(=O)=O. The van der Waals surface area contributed by atoms with Crippen molar-refractivity contribution >= 4 is 15.5 Å². The highest BCUT2D eigenvalue weighted by Gasteiger charge is 2.12. The van der Waals surface area contributed by atoms with Crippen LogP contribution in [0.25, 0.3) is 0 Å². The topological polar surface area (TPSA) is 66.4 Å². The normalized spacial score (nSPS) is 13.4. The van der Waals surface area contributed by atoms with Crippen molar-refractivity contribution < 1.29 is 13.5 Å². The molecule has 1 aromatic rings. The van der Waals surface area contributed by atoms with E-state index in [0.717, 1.165) is 0 Å². The number of hydrogen-bond acceptors (Lipinski definition) is 4. The van der Waals surface area contributed by atoms with Crippen molar-refractivity contribution in [1.29, 1.82) is 0 Å². The molecule has 0 saturated carbocycles. The molecule has 0 fully saturated rings. The van der Waals surface area contributed by atoms with E-state index in [1.54, 1.807) is 24.3 Å². The van der Waals surface area contributed by atoms with Crippen LogP contribution in [0.3, 0.4) is 0 Å². The first-order valence-corrected chi connectivity index (χ1v) is 6.98. The van der Waals surface area contributed by atoms with Crippen LogP contribution in [-0.2, 0) is 9.84 Å². The van der Waals surface area contributed by atoms with Crippen LogP contribution in [0.4, 0.5) is 5.69 Å². The van der Waals surface area contributed by atoms with Crippen LogP contribution in [0.5, 0.6) is 0 Å². The van der Waals surface area contributed by atoms with Gasteiger partial charge < -0.3 is 10.4 Å². The summed E-state index contributed by atoms with van der Waals surface area (Å²) in [5.41, 5.74) is 0.588. The van der Waals surface area contributed by atoms with E-state index < -0.39 is 9.84 Å². The van der Waals surface area contributed by atoms with Gasteiger partial charge in [-0.25, -0.2) is 8.42 Å². The quantitative estimate of drug-likeness (QED) is 0.813. The predicted octanol–water partition coefficient (Wildman–Crippen LogP) is 1.13. The predicted molar refractivity (Wildman–Crippen MR) is 64.3 cm³/mol. The molecule has 1 unspecified atom stereocenters. The highest BCUT2D eigenvalue weighted by molar-refractivity contribution is 7.90. The van der Waals surface area contributed by atoms with Gasteiger partial charge in [-0.1, -0.05) is 19.1 Å². The van der Waals surface area contributed by atoms with Crippen LogP contribution in [-0.4, -0.2) is 32.9 Å². The molecule has 0 aliphatic rings. The summed E-state index contributed by atoms with van der Waals surface area (Å²) < 4.78 is 23.0. The summed E-state index contributed by atoms with van der Waals surface area (Å²) in [5, 5.41) is 11.9. The Morgan fingerprint density at radius 3 is 2.56 bits per heavy atom. The van der Waals surface area contributed by atoms with Crippen molar-refractivity contribution in [3.63, 3.8) is 0 Å². The molecule has 0 bridgehead atoms. The van der Waals surface area contributed by atoms with E-state index in [1.807, 2.05) is 6.92 Å². The Hall–Kier alpha value is -1.07. The fraction of sp³-hybridized carbons (Fsp3) is 0.455. The van der Waals surface area contributed by atoms with Gasteiger partial charge in [0.05, 0.1) is 10.6 Å². The van der Waals surface area contributed by atoms with Crippen molar-refractivity contribution in [2.24, 2.45) is 5.92 Å². The zero-order chi connectivity index (χ0) is 12.2. The van der Waals surface area contributed by atoms with Gasteiger partial charge in [-0.15, -0.1) is 0 Å². The Labute approximate surface area is 96.2 Å². The van der Waals surface area contributed by atoms with Gasteiger partial charge >= 0.3 is 0 Å². The first-order valence-electron chi connectivity index (χ1n) is 5.09. The molecule has 0 amide bonds. The monoisotopic (exact) mass is 243 g/mol. The molecule has 0 aliphatic carbocycles. The highest BCUT2D eigenvalue weighted by Crippen LogP contribution is 2.20. The van der Waals surface area contributed by atoms with Crippen molar-refractivity contribution in [3.8, 4) is 0 Å². The summed E-state index contributed by atoms with van der Waals surface area (Å²) >= 11 is 0. The third-order valence-corrected chi connectivity index (χ3v) is 3.39. The van der Waals surface area contributed by atoms with Crippen molar-refractivity contribution in [3.05, 3.63) is 24.3 Å². The molecule has 1 aromatic carbocycles. The van der Waals surface area contributed by atoms with Crippen molar-refractivity contribution in [1.82, 2.24) is 0 Å². The largest absolute Gasteiger partial charge is 0.396 e. The molecule has 1 atom stereocenters. The fourth-order valence-electron chi connectivity index (χ4n) is 1.28. The third kappa shape index (κ3) is 3.50. The van der Waals surface area contributed by atoms with Gasteiger partial charge in [0, 0.05) is 19.4 Å². The number of para-hydroxylation sites is 1. The van der Waals surface area contributed by atoms with Gasteiger partial charge in [0.2, 0.25) is 0 Å². The maximum absolute atomic E-state index is 11.5. The molecular formula is C11H17NO3S. The highest BCUT2D eigenvalue weighted by atomic mass is 32.2. The van der Waals surface area contributed by atoms with E-state index in [4.69, 9.17) is 5.11 Å². The lowest BCUT2D eigenvalue weighted by molar-refractivity contribution is 0.244. The maximum atomic E-state index is 11.5. The Bertz CT molecular complexity index is 442. The minimum Gasteiger partial charge on any atom is -0.396 e. The molecule has 2 N–H and O–H groups in total. The van der Waals surface area contributed by atoms with E-state index in [9.17, 15) is 8.42 Å². The van der Waals surface area contributed by atoms with E-state index >= 15 is 0 Å². The Morgan fingerprint density at radius 2 is 2.00 bits per heavy atom. The van der Waals surface area contributed by atoms with Crippen LogP contribution < -0.4 is 5.32 Å². The van der Waals surface area contributed by atoms with Crippen LogP contribution in [0, 0.1) is 5.92 Å². The molecular weight excluding hydrogens is 226 g/mol. The molecule has 16 heavy (non-hydrogen) atoms. The second kappa shape index (κ2) is 5.32. The van der Waals surface area contributed by atoms with Gasteiger partial charge in [-0.3, -0.25) is 0 Å². The first kappa shape index (κ1) is 13.0. The molecule has 0 aromatic heterocycles. The average Bonchev–Trinajstić information content (AvgIpc) is 2.25. The molecule has 5 heteroatoms. The van der Waals surface area contributed by atoms with E-state index in [0.29, 0.717) is 17.1 Å². The second-order valence-corrected chi connectivity index (χ2v) is 5.92. The Balaban J connectivity index is 2.88. The molecule has 1 rings (SSSR count). The summed E-state index contributed by atoms with van der Waals surface area (Å²) in [6, 6.07) is 6.76. The number of rotatable bonds is 5. The third-order valence-electron chi connectivity index (χ3n) is 2.24. The Morgan fingerprint density at radius 1 is 1.38 bits per heavy atom. The van der Waals surface area contributed by atoms with Crippen molar-refractivity contribution in [2.75, 3.05) is 24.7 Å². The van der Waals surface area contributed by atoms with Crippen LogP contribution in [0.2, 0.25) is 0 Å². The maximum Gasteiger partial charge on any atom is 0.177 e. The average molecular weight is 243 g/mol. The first-order chi connectivity index (χ1) is 7.45. The summed E-state index contributed by atoms with van der Waals surface area (Å²) in [6.45, 7) is 2.51. The molecule has 90 valence electrons.